The summed E-state index contributed by atoms with van der Waals surface area (Å²) < 4.78 is 58.3. The molecular weight excluding hydrogens is 1170 g/mol. The van der Waals surface area contributed by atoms with Crippen molar-refractivity contribution in [2.24, 2.45) is 11.1 Å². The van der Waals surface area contributed by atoms with Crippen molar-refractivity contribution in [3.63, 3.8) is 0 Å². The van der Waals surface area contributed by atoms with Crippen LogP contribution in [0.4, 0.5) is 34.9 Å². The van der Waals surface area contributed by atoms with Crippen LogP contribution in [0.3, 0.4) is 0 Å². The molecule has 12 heterocycles. The van der Waals surface area contributed by atoms with Crippen molar-refractivity contribution in [2.75, 3.05) is 40.7 Å². The minimum absolute atomic E-state index is 0.0775. The Kier molecular flexibility index (Phi) is 17.8. The van der Waals surface area contributed by atoms with Gasteiger partial charge in [0.05, 0.1) is 32.7 Å². The molecule has 0 aliphatic heterocycles. The number of amides is 1. The lowest BCUT2D eigenvalue weighted by Crippen LogP contribution is -2.20. The number of hydrogen-bond acceptors (Lipinski definition) is 14. The molecule has 1 amide bonds. The maximum absolute atomic E-state index is 12.5. The fourth-order valence-electron chi connectivity index (χ4n) is 9.82. The van der Waals surface area contributed by atoms with Crippen molar-refractivity contribution >= 4 is 110 Å². The molecule has 90 heavy (non-hydrogen) atoms. The smallest absolute Gasteiger partial charge is 0.252 e. The van der Waals surface area contributed by atoms with E-state index in [2.05, 4.69) is 6.07 Å². The molecule has 0 spiro atoms. The molecule has 0 atom stereocenters. The number of carbonyl (C=O) groups excluding carboxylic acids is 2. The quantitative estimate of drug-likeness (QED) is 0.0788. The maximum Gasteiger partial charge on any atom is 0.252 e. The van der Waals surface area contributed by atoms with Gasteiger partial charge in [-0.15, -0.1) is 0 Å². The van der Waals surface area contributed by atoms with Crippen molar-refractivity contribution in [3.8, 4) is 12.1 Å². The number of sulfone groups is 2. The third-order valence-corrected chi connectivity index (χ3v) is 17.3. The van der Waals surface area contributed by atoms with E-state index in [9.17, 15) is 26.4 Å². The fourth-order valence-corrected chi connectivity index (χ4v) is 12.1. The average Bonchev–Trinajstić information content (AvgIpc) is 1.62. The highest BCUT2D eigenvalue weighted by Crippen LogP contribution is 2.31. The normalized spacial score (nSPS) is 11.2. The fraction of sp³-hybridized carbons (Fsp3) is 0.0746. The molecule has 0 bridgehead atoms. The number of rotatable bonds is 5. The Balaban J connectivity index is 0.000000129. The number of nitrogens with two attached hydrogens (primary N) is 7. The number of primary amides is 1. The van der Waals surface area contributed by atoms with Gasteiger partial charge >= 0.3 is 0 Å². The second-order valence-electron chi connectivity index (χ2n) is 21.4. The first-order chi connectivity index (χ1) is 42.8. The Labute approximate surface area is 517 Å². The number of benzene rings is 2. The first kappa shape index (κ1) is 62.6. The molecule has 0 fully saturated rings. The number of pyridine rings is 6. The number of nitrogens with zero attached hydrogens (tertiary/aromatic N) is 8. The highest BCUT2D eigenvalue weighted by atomic mass is 32.2. The van der Waals surface area contributed by atoms with E-state index in [1.807, 2.05) is 181 Å². The molecule has 0 saturated carbocycles. The number of aromatic nitrogens is 6. The van der Waals surface area contributed by atoms with E-state index >= 15 is 0 Å². The zero-order chi connectivity index (χ0) is 64.8. The molecule has 0 aliphatic rings. The molecule has 454 valence electrons. The highest BCUT2D eigenvalue weighted by molar-refractivity contribution is 7.91. The van der Waals surface area contributed by atoms with E-state index in [0.29, 0.717) is 45.5 Å². The minimum atomic E-state index is -3.58. The second-order valence-corrected chi connectivity index (χ2v) is 25.3. The Morgan fingerprint density at radius 2 is 0.811 bits per heavy atom. The molecule has 0 unspecified atom stereocenters. The summed E-state index contributed by atoms with van der Waals surface area (Å²) >= 11 is 0. The second kappa shape index (κ2) is 25.6. The molecule has 0 aliphatic carbocycles. The zero-order valence-electron chi connectivity index (χ0n) is 49.2. The third kappa shape index (κ3) is 12.8. The Morgan fingerprint density at radius 1 is 0.422 bits per heavy atom. The van der Waals surface area contributed by atoms with Crippen LogP contribution in [0.25, 0.3) is 44.0 Å². The van der Waals surface area contributed by atoms with Gasteiger partial charge in [-0.3, -0.25) is 14.0 Å². The van der Waals surface area contributed by atoms with Crippen molar-refractivity contribution in [1.29, 1.82) is 10.5 Å². The van der Waals surface area contributed by atoms with Crippen LogP contribution >= 0.6 is 0 Å². The summed E-state index contributed by atoms with van der Waals surface area (Å²) in [5.41, 5.74) is 48.0. The predicted octanol–water partition coefficient (Wildman–Crippen LogP) is 10.6. The summed E-state index contributed by atoms with van der Waals surface area (Å²) in [5.74, 6) is 2.01. The largest absolute Gasteiger partial charge is 0.384 e. The van der Waals surface area contributed by atoms with E-state index in [-0.39, 0.29) is 32.1 Å². The van der Waals surface area contributed by atoms with Gasteiger partial charge in [-0.05, 0) is 127 Å². The van der Waals surface area contributed by atoms with Crippen molar-refractivity contribution in [3.05, 3.63) is 247 Å². The monoisotopic (exact) mass is 1240 g/mol. The molecule has 12 aromatic heterocycles. The molecule has 23 heteroatoms. The number of carbonyl (C=O) groups is 2. The molecule has 2 aromatic carbocycles. The minimum Gasteiger partial charge on any atom is -0.384 e. The molecule has 0 radical (unpaired) electrons. The standard InChI is InChI=1S/C14H12N2O2S.C13H9N3.C13H16N2O.C9H9N3O.C9H7N3.C9H10N2O2S/c15-14-13(10-11-6-4-5-9-16(11)14)19(17,18)12-7-2-1-3-8-12;14-8-10-7-11-6-5-9-3-1-2-4-12(9)16(11)13(10)15;1-13(2,3)11(16)10-8-9-6-4-5-7-15(9)12(10)14;10-8-7(9(11)13)5-6-3-1-2-4-12(6)8;10-6-7-5-8-3-1-2-4-12(8)9(7)11;1-14(12,13)8-6-7-4-2-3-5-11(7)9(8)10/h1-10H,15H2;1-7H,15H2;4-8H,14H2,1-3H3;1-5H,10H2,(H2,11,13);1-5H,11H2;2-6H,10H2,1H3. The lowest BCUT2D eigenvalue weighted by Gasteiger charge is -2.15. The number of fused-ring (bicyclic) bond motifs is 8. The SMILES string of the molecule is CC(C)(C)C(=O)c1cc2ccccn2c1N.CS(=O)(=O)c1cc2ccccn2c1N.N#Cc1cc2ccc3ccccc3n2c1N.N#Cc1cc2ccccn2c1N.NC(=O)c1cc2ccccn2c1N.Nc1c(S(=O)(=O)c2ccccc2)cc2ccccn12. The number of anilines is 6. The van der Waals surface area contributed by atoms with Gasteiger partial charge in [-0.25, -0.2) is 16.8 Å². The third-order valence-electron chi connectivity index (χ3n) is 14.4. The van der Waals surface area contributed by atoms with Crippen molar-refractivity contribution in [1.82, 2.24) is 26.4 Å². The summed E-state index contributed by atoms with van der Waals surface area (Å²) in [5, 5.41) is 18.7. The summed E-state index contributed by atoms with van der Waals surface area (Å²) in [6.07, 6.45) is 10.1. The van der Waals surface area contributed by atoms with Crippen LogP contribution in [0.15, 0.2) is 240 Å². The number of Topliss-reactive ketones (excluding diaryl/α,β-unsaturated/α-hetero) is 1. The van der Waals surface area contributed by atoms with Crippen LogP contribution in [-0.2, 0) is 19.7 Å². The predicted molar refractivity (Wildman–Crippen MR) is 355 cm³/mol. The van der Waals surface area contributed by atoms with Crippen LogP contribution < -0.4 is 40.1 Å². The van der Waals surface area contributed by atoms with Crippen LogP contribution in [-0.4, -0.2) is 61.2 Å². The zero-order valence-corrected chi connectivity index (χ0v) is 50.9. The van der Waals surface area contributed by atoms with Gasteiger partial charge in [0.2, 0.25) is 9.84 Å². The van der Waals surface area contributed by atoms with Crippen LogP contribution in [0.2, 0.25) is 0 Å². The number of nitriles is 2. The van der Waals surface area contributed by atoms with Crippen LogP contribution in [0, 0.1) is 28.1 Å². The summed E-state index contributed by atoms with van der Waals surface area (Å²) in [6.45, 7) is 5.70. The molecular formula is C67H63N15O6S2. The van der Waals surface area contributed by atoms with Crippen molar-refractivity contribution in [2.45, 2.75) is 35.5 Å². The van der Waals surface area contributed by atoms with E-state index in [0.717, 1.165) is 50.3 Å². The van der Waals surface area contributed by atoms with Gasteiger partial charge in [-0.2, -0.15) is 10.5 Å². The van der Waals surface area contributed by atoms with Gasteiger partial charge in [0.1, 0.15) is 56.8 Å². The topological polar surface area (TPSA) is 359 Å². The van der Waals surface area contributed by atoms with Crippen LogP contribution in [0.5, 0.6) is 0 Å². The van der Waals surface area contributed by atoms with E-state index < -0.39 is 31.0 Å². The van der Waals surface area contributed by atoms with Gasteiger partial charge in [0.25, 0.3) is 5.91 Å². The average molecular weight is 1240 g/mol. The van der Waals surface area contributed by atoms with Gasteiger partial charge < -0.3 is 62.1 Å². The summed E-state index contributed by atoms with van der Waals surface area (Å²) in [4.78, 5) is 23.7. The number of ketones is 1. The van der Waals surface area contributed by atoms with E-state index in [1.165, 1.54) is 0 Å². The van der Waals surface area contributed by atoms with E-state index in [1.54, 1.807) is 96.9 Å². The molecule has 14 rings (SSSR count). The lowest BCUT2D eigenvalue weighted by atomic mass is 9.87. The Morgan fingerprint density at radius 3 is 1.27 bits per heavy atom. The number of nitrogen functional groups attached to an aromatic ring is 6. The lowest BCUT2D eigenvalue weighted by molar-refractivity contribution is 0.0859. The van der Waals surface area contributed by atoms with Gasteiger partial charge in [0.15, 0.2) is 15.6 Å². The molecule has 21 nitrogen and oxygen atoms in total. The summed E-state index contributed by atoms with van der Waals surface area (Å²) in [7, 11) is -6.82. The first-order valence-corrected chi connectivity index (χ1v) is 30.9. The molecule has 14 aromatic rings. The van der Waals surface area contributed by atoms with Crippen LogP contribution in [0.1, 0.15) is 52.6 Å². The highest BCUT2D eigenvalue weighted by Gasteiger charge is 2.27. The number of hydrogen-bond donors (Lipinski definition) is 7. The first-order valence-electron chi connectivity index (χ1n) is 27.6. The maximum atomic E-state index is 12.5. The Hall–Kier alpha value is -11.9. The van der Waals surface area contributed by atoms with Crippen molar-refractivity contribution < 1.29 is 26.4 Å². The number of para-hydroxylation sites is 1. The van der Waals surface area contributed by atoms with Gasteiger partial charge in [0, 0.05) is 75.8 Å². The van der Waals surface area contributed by atoms with Gasteiger partial charge in [-0.1, -0.05) is 93.6 Å². The van der Waals surface area contributed by atoms with E-state index in [4.69, 9.17) is 50.7 Å². The molecule has 14 N–H and O–H groups in total. The molecule has 0 saturated heterocycles. The Bertz CT molecular complexity index is 5340. The summed E-state index contributed by atoms with van der Waals surface area (Å²) in [6, 6.07) is 62.7.